The highest BCUT2D eigenvalue weighted by atomic mass is 79.9. The lowest BCUT2D eigenvalue weighted by molar-refractivity contribution is 0.409. The van der Waals surface area contributed by atoms with Gasteiger partial charge in [0.2, 0.25) is 0 Å². The predicted octanol–water partition coefficient (Wildman–Crippen LogP) is 3.80. The Bertz CT molecular complexity index is 517. The number of ether oxygens (including phenoxy) is 2. The van der Waals surface area contributed by atoms with Gasteiger partial charge in [-0.2, -0.15) is 0 Å². The number of benzene rings is 1. The summed E-state index contributed by atoms with van der Waals surface area (Å²) < 4.78 is 12.2. The Balaban J connectivity index is 2.21. The SMILES string of the molecule is COc1ccc(Oc2ncc(Br)cn2)c(Br)c1. The van der Waals surface area contributed by atoms with Gasteiger partial charge in [-0.15, -0.1) is 0 Å². The van der Waals surface area contributed by atoms with Crippen LogP contribution in [0, 0.1) is 0 Å². The lowest BCUT2D eigenvalue weighted by Gasteiger charge is -2.07. The third-order valence-electron chi connectivity index (χ3n) is 1.94. The average molecular weight is 360 g/mol. The molecular weight excluding hydrogens is 352 g/mol. The molecule has 0 saturated heterocycles. The van der Waals surface area contributed by atoms with Crippen LogP contribution >= 0.6 is 31.9 Å². The number of hydrogen-bond donors (Lipinski definition) is 0. The molecule has 0 unspecified atom stereocenters. The fraction of sp³-hybridized carbons (Fsp3) is 0.0909. The number of nitrogens with zero attached hydrogens (tertiary/aromatic N) is 2. The van der Waals surface area contributed by atoms with E-state index in [-0.39, 0.29) is 0 Å². The number of rotatable bonds is 3. The summed E-state index contributed by atoms with van der Waals surface area (Å²) >= 11 is 6.65. The van der Waals surface area contributed by atoms with E-state index in [1.807, 2.05) is 6.07 Å². The molecule has 88 valence electrons. The molecule has 1 aromatic heterocycles. The zero-order valence-corrected chi connectivity index (χ0v) is 12.0. The van der Waals surface area contributed by atoms with E-state index in [1.54, 1.807) is 31.6 Å². The first-order chi connectivity index (χ1) is 8.19. The smallest absolute Gasteiger partial charge is 0.321 e. The normalized spacial score (nSPS) is 10.1. The van der Waals surface area contributed by atoms with Gasteiger partial charge in [-0.1, -0.05) is 0 Å². The van der Waals surface area contributed by atoms with Crippen LogP contribution in [0.3, 0.4) is 0 Å². The van der Waals surface area contributed by atoms with Gasteiger partial charge in [0.1, 0.15) is 11.5 Å². The minimum absolute atomic E-state index is 0.291. The van der Waals surface area contributed by atoms with Crippen molar-refractivity contribution in [1.29, 1.82) is 0 Å². The van der Waals surface area contributed by atoms with Gasteiger partial charge >= 0.3 is 6.01 Å². The summed E-state index contributed by atoms with van der Waals surface area (Å²) in [7, 11) is 1.61. The first-order valence-electron chi connectivity index (χ1n) is 4.68. The number of methoxy groups -OCH3 is 1. The van der Waals surface area contributed by atoms with Crippen LogP contribution in [0.2, 0.25) is 0 Å². The summed E-state index contributed by atoms with van der Waals surface area (Å²) in [6.45, 7) is 0. The summed E-state index contributed by atoms with van der Waals surface area (Å²) in [4.78, 5) is 8.05. The molecule has 0 spiro atoms. The molecule has 0 aliphatic carbocycles. The van der Waals surface area contributed by atoms with Crippen molar-refractivity contribution < 1.29 is 9.47 Å². The Hall–Kier alpha value is -1.14. The second kappa shape index (κ2) is 5.46. The zero-order chi connectivity index (χ0) is 12.3. The second-order valence-electron chi connectivity index (χ2n) is 3.08. The molecule has 0 saturated carbocycles. The summed E-state index contributed by atoms with van der Waals surface area (Å²) in [6, 6.07) is 5.70. The van der Waals surface area contributed by atoms with E-state index in [0.29, 0.717) is 11.8 Å². The van der Waals surface area contributed by atoms with Gasteiger partial charge in [0, 0.05) is 12.4 Å². The fourth-order valence-corrected chi connectivity index (χ4v) is 1.79. The monoisotopic (exact) mass is 358 g/mol. The minimum Gasteiger partial charge on any atom is -0.497 e. The number of halogens is 2. The Morgan fingerprint density at radius 3 is 2.41 bits per heavy atom. The van der Waals surface area contributed by atoms with Crippen molar-refractivity contribution in [2.45, 2.75) is 0 Å². The molecule has 0 radical (unpaired) electrons. The van der Waals surface area contributed by atoms with Crippen LogP contribution in [-0.4, -0.2) is 17.1 Å². The third-order valence-corrected chi connectivity index (χ3v) is 2.97. The van der Waals surface area contributed by atoms with Crippen molar-refractivity contribution in [3.05, 3.63) is 39.5 Å². The van der Waals surface area contributed by atoms with Crippen molar-refractivity contribution in [1.82, 2.24) is 9.97 Å². The highest BCUT2D eigenvalue weighted by Crippen LogP contribution is 2.31. The van der Waals surface area contributed by atoms with Crippen LogP contribution in [0.25, 0.3) is 0 Å². The van der Waals surface area contributed by atoms with Gasteiger partial charge in [0.15, 0.2) is 0 Å². The summed E-state index contributed by atoms with van der Waals surface area (Å²) in [5.74, 6) is 1.38. The minimum atomic E-state index is 0.291. The first kappa shape index (κ1) is 12.3. The van der Waals surface area contributed by atoms with Gasteiger partial charge in [-0.3, -0.25) is 0 Å². The molecule has 0 bridgehead atoms. The maximum Gasteiger partial charge on any atom is 0.321 e. The summed E-state index contributed by atoms with van der Waals surface area (Å²) in [5.41, 5.74) is 0. The molecule has 1 aromatic carbocycles. The van der Waals surface area contributed by atoms with Crippen molar-refractivity contribution in [2.75, 3.05) is 7.11 Å². The van der Waals surface area contributed by atoms with E-state index >= 15 is 0 Å². The highest BCUT2D eigenvalue weighted by molar-refractivity contribution is 9.10. The Labute approximate surface area is 115 Å². The maximum atomic E-state index is 5.52. The van der Waals surface area contributed by atoms with Gasteiger partial charge in [-0.25, -0.2) is 9.97 Å². The van der Waals surface area contributed by atoms with E-state index in [4.69, 9.17) is 9.47 Å². The van der Waals surface area contributed by atoms with Crippen molar-refractivity contribution in [2.24, 2.45) is 0 Å². The second-order valence-corrected chi connectivity index (χ2v) is 4.85. The summed E-state index contributed by atoms with van der Waals surface area (Å²) in [6.07, 6.45) is 3.25. The molecule has 1 heterocycles. The van der Waals surface area contributed by atoms with E-state index < -0.39 is 0 Å². The van der Waals surface area contributed by atoms with Crippen molar-refractivity contribution in [3.8, 4) is 17.5 Å². The molecule has 0 amide bonds. The summed E-state index contributed by atoms with van der Waals surface area (Å²) in [5, 5.41) is 0. The quantitative estimate of drug-likeness (QED) is 0.835. The zero-order valence-electron chi connectivity index (χ0n) is 8.85. The number of aromatic nitrogens is 2. The van der Waals surface area contributed by atoms with Crippen LogP contribution in [0.15, 0.2) is 39.5 Å². The third kappa shape index (κ3) is 3.17. The van der Waals surface area contributed by atoms with Gasteiger partial charge in [0.05, 0.1) is 16.1 Å². The van der Waals surface area contributed by atoms with Crippen LogP contribution in [0.4, 0.5) is 0 Å². The van der Waals surface area contributed by atoms with Crippen LogP contribution in [-0.2, 0) is 0 Å². The van der Waals surface area contributed by atoms with Crippen molar-refractivity contribution >= 4 is 31.9 Å². The maximum absolute atomic E-state index is 5.52. The van der Waals surface area contributed by atoms with E-state index in [0.717, 1.165) is 14.7 Å². The Morgan fingerprint density at radius 1 is 1.12 bits per heavy atom. The van der Waals surface area contributed by atoms with Gasteiger partial charge in [-0.05, 0) is 50.1 Å². The lowest BCUT2D eigenvalue weighted by atomic mass is 10.3. The van der Waals surface area contributed by atoms with Crippen LogP contribution < -0.4 is 9.47 Å². The molecule has 17 heavy (non-hydrogen) atoms. The molecule has 0 atom stereocenters. The molecule has 0 fully saturated rings. The molecule has 2 rings (SSSR count). The number of hydrogen-bond acceptors (Lipinski definition) is 4. The van der Waals surface area contributed by atoms with E-state index in [9.17, 15) is 0 Å². The molecule has 4 nitrogen and oxygen atoms in total. The van der Waals surface area contributed by atoms with E-state index in [2.05, 4.69) is 41.8 Å². The highest BCUT2D eigenvalue weighted by Gasteiger charge is 2.06. The van der Waals surface area contributed by atoms with Gasteiger partial charge in [0.25, 0.3) is 0 Å². The average Bonchev–Trinajstić information content (AvgIpc) is 2.34. The predicted molar refractivity (Wildman–Crippen MR) is 70.5 cm³/mol. The topological polar surface area (TPSA) is 44.2 Å². The molecule has 0 aliphatic heterocycles. The van der Waals surface area contributed by atoms with Crippen molar-refractivity contribution in [3.63, 3.8) is 0 Å². The molecule has 0 aliphatic rings. The molecular formula is C11H8Br2N2O2. The standard InChI is InChI=1S/C11H8Br2N2O2/c1-16-8-2-3-10(9(13)4-8)17-11-14-5-7(12)6-15-11/h2-6H,1H3. The lowest BCUT2D eigenvalue weighted by Crippen LogP contribution is -1.92. The molecule has 6 heteroatoms. The first-order valence-corrected chi connectivity index (χ1v) is 6.26. The fourth-order valence-electron chi connectivity index (χ4n) is 1.14. The van der Waals surface area contributed by atoms with Gasteiger partial charge < -0.3 is 9.47 Å². The van der Waals surface area contributed by atoms with E-state index in [1.165, 1.54) is 0 Å². The Morgan fingerprint density at radius 2 is 1.82 bits per heavy atom. The van der Waals surface area contributed by atoms with Crippen LogP contribution in [0.5, 0.6) is 17.5 Å². The molecule has 0 N–H and O–H groups in total. The molecule has 2 aromatic rings. The van der Waals surface area contributed by atoms with Crippen LogP contribution in [0.1, 0.15) is 0 Å². The Kier molecular flexibility index (Phi) is 3.96. The largest absolute Gasteiger partial charge is 0.497 e.